The molecule has 2 aromatic rings. The number of rotatable bonds is 4. The molecular formula is C14H13NO5. The Labute approximate surface area is 115 Å². The summed E-state index contributed by atoms with van der Waals surface area (Å²) >= 11 is 0. The van der Waals surface area contributed by atoms with Gasteiger partial charge in [-0.05, 0) is 5.56 Å². The van der Waals surface area contributed by atoms with E-state index in [1.807, 2.05) is 30.3 Å². The Morgan fingerprint density at radius 2 is 2.00 bits per heavy atom. The third-order valence-electron chi connectivity index (χ3n) is 2.45. The van der Waals surface area contributed by atoms with Gasteiger partial charge in [0.1, 0.15) is 12.9 Å². The highest BCUT2D eigenvalue weighted by atomic mass is 16.5. The maximum atomic E-state index is 11.5. The first-order valence-corrected chi connectivity index (χ1v) is 5.83. The smallest absolute Gasteiger partial charge is 0.412 e. The zero-order valence-electron chi connectivity index (χ0n) is 10.8. The zero-order valence-corrected chi connectivity index (χ0v) is 10.8. The molecule has 1 amide bonds. The number of anilines is 1. The first-order chi connectivity index (χ1) is 9.69. The van der Waals surface area contributed by atoms with E-state index < -0.39 is 12.1 Å². The van der Waals surface area contributed by atoms with E-state index in [1.54, 1.807) is 0 Å². The van der Waals surface area contributed by atoms with Gasteiger partial charge >= 0.3 is 12.1 Å². The number of amides is 1. The molecule has 6 heteroatoms. The number of esters is 1. The van der Waals surface area contributed by atoms with E-state index in [1.165, 1.54) is 19.4 Å². The fraction of sp³-hybridized carbons (Fsp3) is 0.143. The largest absolute Gasteiger partial charge is 0.463 e. The van der Waals surface area contributed by atoms with Crippen LogP contribution in [0.25, 0.3) is 0 Å². The summed E-state index contributed by atoms with van der Waals surface area (Å²) in [6.45, 7) is 0.161. The number of nitrogens with one attached hydrogen (secondary N) is 1. The Morgan fingerprint density at radius 3 is 2.70 bits per heavy atom. The van der Waals surface area contributed by atoms with Gasteiger partial charge in [0.2, 0.25) is 5.76 Å². The molecule has 104 valence electrons. The van der Waals surface area contributed by atoms with Crippen LogP contribution in [0.15, 0.2) is 47.1 Å². The maximum Gasteiger partial charge on any atom is 0.412 e. The van der Waals surface area contributed by atoms with Crippen LogP contribution >= 0.6 is 0 Å². The Balaban J connectivity index is 1.85. The van der Waals surface area contributed by atoms with Gasteiger partial charge in [-0.3, -0.25) is 5.32 Å². The maximum absolute atomic E-state index is 11.5. The van der Waals surface area contributed by atoms with Gasteiger partial charge in [-0.25, -0.2) is 9.59 Å². The molecule has 6 nitrogen and oxygen atoms in total. The number of benzene rings is 1. The molecule has 1 heterocycles. The van der Waals surface area contributed by atoms with Crippen LogP contribution in [0.4, 0.5) is 10.5 Å². The van der Waals surface area contributed by atoms with Gasteiger partial charge in [-0.1, -0.05) is 30.3 Å². The second-order valence-corrected chi connectivity index (χ2v) is 3.88. The minimum Gasteiger partial charge on any atom is -0.463 e. The molecule has 20 heavy (non-hydrogen) atoms. The molecular weight excluding hydrogens is 262 g/mol. The Hall–Kier alpha value is -2.76. The van der Waals surface area contributed by atoms with Crippen molar-refractivity contribution in [3.8, 4) is 0 Å². The molecule has 0 saturated carbocycles. The summed E-state index contributed by atoms with van der Waals surface area (Å²) in [4.78, 5) is 22.7. The van der Waals surface area contributed by atoms with Gasteiger partial charge < -0.3 is 13.9 Å². The average Bonchev–Trinajstić information content (AvgIpc) is 2.94. The number of methoxy groups -OCH3 is 1. The molecule has 0 spiro atoms. The van der Waals surface area contributed by atoms with E-state index in [9.17, 15) is 9.59 Å². The van der Waals surface area contributed by atoms with Crippen molar-refractivity contribution in [3.63, 3.8) is 0 Å². The van der Waals surface area contributed by atoms with Gasteiger partial charge in [0.05, 0.1) is 12.8 Å². The lowest BCUT2D eigenvalue weighted by Crippen LogP contribution is -2.13. The number of carbonyl (C=O) groups excluding carboxylic acids is 2. The van der Waals surface area contributed by atoms with Gasteiger partial charge in [0.15, 0.2) is 0 Å². The number of hydrogen-bond acceptors (Lipinski definition) is 5. The fourth-order valence-electron chi connectivity index (χ4n) is 1.49. The van der Waals surface area contributed by atoms with Crippen molar-refractivity contribution in [2.75, 3.05) is 12.4 Å². The summed E-state index contributed by atoms with van der Waals surface area (Å²) in [5.74, 6) is -0.610. The lowest BCUT2D eigenvalue weighted by Gasteiger charge is -2.04. The topological polar surface area (TPSA) is 77.8 Å². The van der Waals surface area contributed by atoms with E-state index >= 15 is 0 Å². The van der Waals surface area contributed by atoms with Gasteiger partial charge in [0, 0.05) is 6.07 Å². The van der Waals surface area contributed by atoms with Gasteiger partial charge in [-0.2, -0.15) is 0 Å². The summed E-state index contributed by atoms with van der Waals surface area (Å²) < 4.78 is 14.4. The van der Waals surface area contributed by atoms with E-state index in [0.29, 0.717) is 5.69 Å². The van der Waals surface area contributed by atoms with Crippen LogP contribution in [0.5, 0.6) is 0 Å². The van der Waals surface area contributed by atoms with Crippen molar-refractivity contribution >= 4 is 17.7 Å². The van der Waals surface area contributed by atoms with Gasteiger partial charge in [0.25, 0.3) is 0 Å². The molecule has 1 aromatic carbocycles. The molecule has 1 aromatic heterocycles. The van der Waals surface area contributed by atoms with Crippen molar-refractivity contribution in [2.45, 2.75) is 6.61 Å². The summed E-state index contributed by atoms with van der Waals surface area (Å²) in [6, 6.07) is 10.6. The molecule has 0 atom stereocenters. The highest BCUT2D eigenvalue weighted by Crippen LogP contribution is 2.14. The molecule has 0 aliphatic rings. The highest BCUT2D eigenvalue weighted by molar-refractivity contribution is 5.90. The Bertz CT molecular complexity index is 591. The SMILES string of the molecule is COC(=O)c1cc(NC(=O)OCc2ccccc2)co1. The quantitative estimate of drug-likeness (QED) is 0.868. The Morgan fingerprint density at radius 1 is 1.25 bits per heavy atom. The first-order valence-electron chi connectivity index (χ1n) is 5.83. The third-order valence-corrected chi connectivity index (χ3v) is 2.45. The standard InChI is InChI=1S/C14H13NO5/c1-18-13(16)12-7-11(9-19-12)15-14(17)20-8-10-5-3-2-4-6-10/h2-7,9H,8H2,1H3,(H,15,17). The second-order valence-electron chi connectivity index (χ2n) is 3.88. The van der Waals surface area contributed by atoms with Crippen molar-refractivity contribution in [1.29, 1.82) is 0 Å². The Kier molecular flexibility index (Phi) is 4.39. The van der Waals surface area contributed by atoms with E-state index in [-0.39, 0.29) is 12.4 Å². The third kappa shape index (κ3) is 3.61. The number of carbonyl (C=O) groups is 2. The predicted molar refractivity (Wildman–Crippen MR) is 70.3 cm³/mol. The summed E-state index contributed by atoms with van der Waals surface area (Å²) in [7, 11) is 1.24. The second kappa shape index (κ2) is 6.42. The molecule has 1 N–H and O–H groups in total. The number of hydrogen-bond donors (Lipinski definition) is 1. The molecule has 0 aliphatic heterocycles. The molecule has 2 rings (SSSR count). The van der Waals surface area contributed by atoms with Gasteiger partial charge in [-0.15, -0.1) is 0 Å². The minimum atomic E-state index is -0.633. The van der Waals surface area contributed by atoms with Crippen molar-refractivity contribution in [2.24, 2.45) is 0 Å². The fourth-order valence-corrected chi connectivity index (χ4v) is 1.49. The minimum absolute atomic E-state index is 0.00543. The molecule has 0 unspecified atom stereocenters. The zero-order chi connectivity index (χ0) is 14.4. The summed E-state index contributed by atoms with van der Waals surface area (Å²) in [5, 5.41) is 2.45. The van der Waals surface area contributed by atoms with Crippen LogP contribution < -0.4 is 5.32 Å². The molecule has 0 radical (unpaired) electrons. The van der Waals surface area contributed by atoms with Crippen LogP contribution in [0, 0.1) is 0 Å². The van der Waals surface area contributed by atoms with Crippen LogP contribution in [0.3, 0.4) is 0 Å². The summed E-state index contributed by atoms with van der Waals surface area (Å²) in [5.41, 5.74) is 1.20. The van der Waals surface area contributed by atoms with Crippen LogP contribution in [-0.2, 0) is 16.1 Å². The molecule has 0 saturated heterocycles. The predicted octanol–water partition coefficient (Wildman–Crippen LogP) is 2.81. The van der Waals surface area contributed by atoms with Crippen molar-refractivity contribution in [1.82, 2.24) is 0 Å². The average molecular weight is 275 g/mol. The van der Waals surface area contributed by atoms with E-state index in [2.05, 4.69) is 10.1 Å². The van der Waals surface area contributed by atoms with Crippen molar-refractivity contribution in [3.05, 3.63) is 54.0 Å². The van der Waals surface area contributed by atoms with E-state index in [0.717, 1.165) is 5.56 Å². The van der Waals surface area contributed by atoms with Crippen LogP contribution in [0.2, 0.25) is 0 Å². The molecule has 0 aliphatic carbocycles. The highest BCUT2D eigenvalue weighted by Gasteiger charge is 2.13. The first kappa shape index (κ1) is 13.7. The van der Waals surface area contributed by atoms with Crippen molar-refractivity contribution < 1.29 is 23.5 Å². The molecule has 0 fully saturated rings. The summed E-state index contributed by atoms with van der Waals surface area (Å²) in [6.07, 6.45) is 0.599. The number of furan rings is 1. The van der Waals surface area contributed by atoms with Crippen LogP contribution in [-0.4, -0.2) is 19.2 Å². The molecule has 0 bridgehead atoms. The monoisotopic (exact) mass is 275 g/mol. The van der Waals surface area contributed by atoms with Crippen LogP contribution in [0.1, 0.15) is 16.1 Å². The lowest BCUT2D eigenvalue weighted by molar-refractivity contribution is 0.0565. The lowest BCUT2D eigenvalue weighted by atomic mass is 10.2. The normalized spacial score (nSPS) is 9.85. The number of ether oxygens (including phenoxy) is 2. The van der Waals surface area contributed by atoms with E-state index in [4.69, 9.17) is 9.15 Å².